The Morgan fingerprint density at radius 2 is 1.92 bits per heavy atom. The van der Waals surface area contributed by atoms with Crippen molar-refractivity contribution in [1.82, 2.24) is 14.9 Å². The minimum absolute atomic E-state index is 0.262. The van der Waals surface area contributed by atoms with E-state index in [0.29, 0.717) is 16.6 Å². The van der Waals surface area contributed by atoms with E-state index in [1.807, 2.05) is 18.0 Å². The van der Waals surface area contributed by atoms with E-state index < -0.39 is 0 Å². The average molecular weight is 365 g/mol. The van der Waals surface area contributed by atoms with E-state index >= 15 is 0 Å². The number of aromatic nitrogens is 3. The van der Waals surface area contributed by atoms with E-state index in [4.69, 9.17) is 23.2 Å². The second-order valence-corrected chi connectivity index (χ2v) is 6.04. The fraction of sp³-hybridized carbons (Fsp3) is 0.176. The maximum Gasteiger partial charge on any atom is 0.139 e. The van der Waals surface area contributed by atoms with Gasteiger partial charge >= 0.3 is 0 Å². The Balaban J connectivity index is 2.14. The van der Waals surface area contributed by atoms with E-state index in [9.17, 15) is 4.39 Å². The molecule has 0 fully saturated rings. The monoisotopic (exact) mass is 364 g/mol. The van der Waals surface area contributed by atoms with Gasteiger partial charge in [0.2, 0.25) is 0 Å². The molecule has 124 valence electrons. The van der Waals surface area contributed by atoms with Gasteiger partial charge in [-0.25, -0.2) is 9.37 Å². The van der Waals surface area contributed by atoms with E-state index in [0.717, 1.165) is 11.1 Å². The lowest BCUT2D eigenvalue weighted by Gasteiger charge is -2.33. The predicted molar refractivity (Wildman–Crippen MR) is 93.5 cm³/mol. The van der Waals surface area contributed by atoms with Crippen molar-refractivity contribution in [3.05, 3.63) is 82.1 Å². The van der Waals surface area contributed by atoms with Crippen molar-refractivity contribution in [2.75, 3.05) is 11.6 Å². The smallest absolute Gasteiger partial charge is 0.139 e. The van der Waals surface area contributed by atoms with Gasteiger partial charge in [-0.1, -0.05) is 41.4 Å². The van der Waals surface area contributed by atoms with Crippen LogP contribution in [0.3, 0.4) is 0 Å². The van der Waals surface area contributed by atoms with Crippen molar-refractivity contribution in [2.24, 2.45) is 0 Å². The highest BCUT2D eigenvalue weighted by Crippen LogP contribution is 2.34. The molecular formula is C17H15Cl2FN4. The molecule has 3 rings (SSSR count). The summed E-state index contributed by atoms with van der Waals surface area (Å²) >= 11 is 12.5. The Morgan fingerprint density at radius 3 is 2.50 bits per heavy atom. The second kappa shape index (κ2) is 7.20. The van der Waals surface area contributed by atoms with Crippen LogP contribution in [0.15, 0.2) is 55.1 Å². The van der Waals surface area contributed by atoms with Crippen molar-refractivity contribution in [3.8, 4) is 0 Å². The Bertz CT molecular complexity index is 806. The second-order valence-electron chi connectivity index (χ2n) is 5.19. The van der Waals surface area contributed by atoms with Crippen LogP contribution in [0, 0.1) is 5.82 Å². The lowest BCUT2D eigenvalue weighted by Crippen LogP contribution is -2.39. The first-order valence-corrected chi connectivity index (χ1v) is 8.17. The number of rotatable bonds is 5. The molecule has 0 spiro atoms. The molecule has 0 aliphatic heterocycles. The molecule has 7 heteroatoms. The lowest BCUT2D eigenvalue weighted by atomic mass is 9.98. The molecule has 1 aromatic heterocycles. The van der Waals surface area contributed by atoms with Crippen molar-refractivity contribution in [2.45, 2.75) is 13.0 Å². The maximum atomic E-state index is 13.4. The third-order valence-corrected chi connectivity index (χ3v) is 4.30. The Hall–Kier alpha value is -2.11. The number of halogens is 3. The van der Waals surface area contributed by atoms with Crippen LogP contribution < -0.4 is 5.01 Å². The summed E-state index contributed by atoms with van der Waals surface area (Å²) in [7, 11) is 0. The third-order valence-electron chi connectivity index (χ3n) is 3.73. The molecule has 1 unspecified atom stereocenters. The van der Waals surface area contributed by atoms with E-state index in [2.05, 4.69) is 10.1 Å². The zero-order valence-electron chi connectivity index (χ0n) is 12.9. The number of hydrogen-bond donors (Lipinski definition) is 0. The molecule has 24 heavy (non-hydrogen) atoms. The SMILES string of the molecule is CCN(C(c1ccc(F)cc1)c1ccc(Cl)cc1Cl)n1cncn1. The highest BCUT2D eigenvalue weighted by Gasteiger charge is 2.25. The van der Waals surface area contributed by atoms with Crippen LogP contribution in [-0.2, 0) is 0 Å². The average Bonchev–Trinajstić information content (AvgIpc) is 3.09. The van der Waals surface area contributed by atoms with Gasteiger partial charge in [0.05, 0.1) is 6.04 Å². The highest BCUT2D eigenvalue weighted by atomic mass is 35.5. The fourth-order valence-corrected chi connectivity index (χ4v) is 3.17. The fourth-order valence-electron chi connectivity index (χ4n) is 2.66. The molecule has 1 atom stereocenters. The van der Waals surface area contributed by atoms with Crippen LogP contribution in [0.5, 0.6) is 0 Å². The van der Waals surface area contributed by atoms with Crippen LogP contribution in [-0.4, -0.2) is 21.4 Å². The van der Waals surface area contributed by atoms with Gasteiger partial charge in [-0.2, -0.15) is 4.79 Å². The largest absolute Gasteiger partial charge is 0.284 e. The first-order valence-electron chi connectivity index (χ1n) is 7.42. The molecule has 3 aromatic rings. The van der Waals surface area contributed by atoms with Gasteiger partial charge in [0.25, 0.3) is 0 Å². The molecule has 1 heterocycles. The van der Waals surface area contributed by atoms with Crippen molar-refractivity contribution >= 4 is 23.2 Å². The van der Waals surface area contributed by atoms with Crippen molar-refractivity contribution in [3.63, 3.8) is 0 Å². The standard InChI is InChI=1S/C17H15Cl2FN4/c1-2-23(24-11-21-10-22-24)17(12-3-6-14(20)7-4-12)15-8-5-13(18)9-16(15)19/h3-11,17H,2H2,1H3. The van der Waals surface area contributed by atoms with E-state index in [-0.39, 0.29) is 11.9 Å². The van der Waals surface area contributed by atoms with E-state index in [1.54, 1.807) is 35.4 Å². The van der Waals surface area contributed by atoms with E-state index in [1.165, 1.54) is 18.5 Å². The summed E-state index contributed by atoms with van der Waals surface area (Å²) in [5.41, 5.74) is 1.74. The summed E-state index contributed by atoms with van der Waals surface area (Å²) in [6.45, 7) is 2.65. The molecule has 4 nitrogen and oxygen atoms in total. The molecule has 0 radical (unpaired) electrons. The maximum absolute atomic E-state index is 13.4. The number of nitrogens with zero attached hydrogens (tertiary/aromatic N) is 4. The summed E-state index contributed by atoms with van der Waals surface area (Å²) in [5, 5.41) is 7.29. The van der Waals surface area contributed by atoms with Gasteiger partial charge in [-0.3, -0.25) is 5.01 Å². The molecular weight excluding hydrogens is 350 g/mol. The highest BCUT2D eigenvalue weighted by molar-refractivity contribution is 6.35. The van der Waals surface area contributed by atoms with Crippen molar-refractivity contribution in [1.29, 1.82) is 0 Å². The molecule has 0 aliphatic rings. The van der Waals surface area contributed by atoms with Crippen LogP contribution in [0.25, 0.3) is 0 Å². The van der Waals surface area contributed by atoms with Gasteiger partial charge < -0.3 is 0 Å². The summed E-state index contributed by atoms with van der Waals surface area (Å²) in [6, 6.07) is 11.4. The number of hydrogen-bond acceptors (Lipinski definition) is 3. The molecule has 0 amide bonds. The van der Waals surface area contributed by atoms with Crippen LogP contribution in [0.1, 0.15) is 24.1 Å². The summed E-state index contributed by atoms with van der Waals surface area (Å²) in [6.07, 6.45) is 3.08. The van der Waals surface area contributed by atoms with Gasteiger partial charge in [-0.15, -0.1) is 5.10 Å². The Kier molecular flexibility index (Phi) is 5.02. The predicted octanol–water partition coefficient (Wildman–Crippen LogP) is 4.47. The molecule has 0 N–H and O–H groups in total. The van der Waals surface area contributed by atoms with Gasteiger partial charge in [0.1, 0.15) is 18.5 Å². The number of benzene rings is 2. The Morgan fingerprint density at radius 1 is 1.17 bits per heavy atom. The first-order chi connectivity index (χ1) is 11.6. The normalized spacial score (nSPS) is 12.2. The van der Waals surface area contributed by atoms with Crippen LogP contribution >= 0.6 is 23.2 Å². The molecule has 0 saturated carbocycles. The minimum atomic E-state index is -0.288. The molecule has 2 aromatic carbocycles. The van der Waals surface area contributed by atoms with Gasteiger partial charge in [0.15, 0.2) is 0 Å². The third kappa shape index (κ3) is 3.37. The zero-order chi connectivity index (χ0) is 17.1. The summed E-state index contributed by atoms with van der Waals surface area (Å²) in [5.74, 6) is -0.288. The Labute approximate surface area is 149 Å². The van der Waals surface area contributed by atoms with Gasteiger partial charge in [-0.05, 0) is 42.3 Å². The van der Waals surface area contributed by atoms with Crippen molar-refractivity contribution < 1.29 is 4.39 Å². The minimum Gasteiger partial charge on any atom is -0.284 e. The lowest BCUT2D eigenvalue weighted by molar-refractivity contribution is 0.493. The first kappa shape index (κ1) is 16.7. The summed E-state index contributed by atoms with van der Waals surface area (Å²) < 4.78 is 13.4. The summed E-state index contributed by atoms with van der Waals surface area (Å²) in [4.78, 5) is 5.66. The zero-order valence-corrected chi connectivity index (χ0v) is 14.4. The topological polar surface area (TPSA) is 34.0 Å². The molecule has 0 bridgehead atoms. The van der Waals surface area contributed by atoms with Crippen LogP contribution in [0.2, 0.25) is 10.0 Å². The van der Waals surface area contributed by atoms with Crippen LogP contribution in [0.4, 0.5) is 4.39 Å². The molecule has 0 aliphatic carbocycles. The molecule has 0 saturated heterocycles. The van der Waals surface area contributed by atoms with Gasteiger partial charge in [0, 0.05) is 16.6 Å². The quantitative estimate of drug-likeness (QED) is 0.669.